The van der Waals surface area contributed by atoms with Gasteiger partial charge in [0.05, 0.1) is 5.75 Å². The van der Waals surface area contributed by atoms with Crippen LogP contribution in [0.3, 0.4) is 0 Å². The summed E-state index contributed by atoms with van der Waals surface area (Å²) in [6.07, 6.45) is 1.42. The predicted molar refractivity (Wildman–Crippen MR) is 50.3 cm³/mol. The van der Waals surface area contributed by atoms with E-state index in [0.717, 1.165) is 6.42 Å². The summed E-state index contributed by atoms with van der Waals surface area (Å²) in [6, 6.07) is -0.0726. The highest BCUT2D eigenvalue weighted by molar-refractivity contribution is 7.89. The first kappa shape index (κ1) is 11.9. The molecule has 4 nitrogen and oxygen atoms in total. The first-order valence-corrected chi connectivity index (χ1v) is 5.90. The third-order valence-corrected chi connectivity index (χ3v) is 3.11. The smallest absolute Gasteiger partial charge is 0.211 e. The first-order chi connectivity index (χ1) is 5.52. The highest BCUT2D eigenvalue weighted by Crippen LogP contribution is 1.90. The van der Waals surface area contributed by atoms with Crippen molar-refractivity contribution >= 4 is 10.0 Å². The van der Waals surface area contributed by atoms with Crippen LogP contribution < -0.4 is 10.5 Å². The third-order valence-electron chi connectivity index (χ3n) is 1.56. The average molecular weight is 194 g/mol. The van der Waals surface area contributed by atoms with Gasteiger partial charge in [0.15, 0.2) is 0 Å². The molecule has 0 saturated carbocycles. The minimum absolute atomic E-state index is 0.0726. The molecule has 5 heteroatoms. The molecule has 12 heavy (non-hydrogen) atoms. The summed E-state index contributed by atoms with van der Waals surface area (Å²) in [7, 11) is -3.07. The Labute approximate surface area is 74.6 Å². The molecule has 0 aliphatic rings. The molecule has 1 unspecified atom stereocenters. The number of nitrogens with one attached hydrogen (secondary N) is 1. The molecular formula is C7H18N2O2S. The lowest BCUT2D eigenvalue weighted by Gasteiger charge is -2.09. The van der Waals surface area contributed by atoms with E-state index in [-0.39, 0.29) is 11.8 Å². The maximum Gasteiger partial charge on any atom is 0.211 e. The standard InChI is InChI=1S/C7H18N2O2S/c1-3-5-12(10,11)9-6-7(8)4-2/h7,9H,3-6,8H2,1-2H3. The van der Waals surface area contributed by atoms with Gasteiger partial charge in [0.2, 0.25) is 10.0 Å². The summed E-state index contributed by atoms with van der Waals surface area (Å²) < 4.78 is 24.6. The maximum atomic E-state index is 11.1. The SMILES string of the molecule is CCCS(=O)(=O)NCC(N)CC. The summed E-state index contributed by atoms with van der Waals surface area (Å²) in [5, 5.41) is 0. The third kappa shape index (κ3) is 5.51. The van der Waals surface area contributed by atoms with E-state index in [1.807, 2.05) is 13.8 Å². The molecule has 0 spiro atoms. The van der Waals surface area contributed by atoms with E-state index < -0.39 is 10.0 Å². The van der Waals surface area contributed by atoms with Crippen molar-refractivity contribution in [3.05, 3.63) is 0 Å². The van der Waals surface area contributed by atoms with E-state index in [0.29, 0.717) is 13.0 Å². The molecule has 1 atom stereocenters. The van der Waals surface area contributed by atoms with Crippen molar-refractivity contribution in [1.29, 1.82) is 0 Å². The van der Waals surface area contributed by atoms with Crippen LogP contribution in [0.15, 0.2) is 0 Å². The van der Waals surface area contributed by atoms with Crippen molar-refractivity contribution in [1.82, 2.24) is 4.72 Å². The van der Waals surface area contributed by atoms with Crippen molar-refractivity contribution < 1.29 is 8.42 Å². The number of nitrogens with two attached hydrogens (primary N) is 1. The zero-order chi connectivity index (χ0) is 9.61. The van der Waals surface area contributed by atoms with Crippen LogP contribution in [0.25, 0.3) is 0 Å². The van der Waals surface area contributed by atoms with Crippen LogP contribution in [-0.2, 0) is 10.0 Å². The molecule has 3 N–H and O–H groups in total. The highest BCUT2D eigenvalue weighted by Gasteiger charge is 2.09. The Morgan fingerprint density at radius 3 is 2.42 bits per heavy atom. The Bertz CT molecular complexity index is 201. The van der Waals surface area contributed by atoms with Gasteiger partial charge in [-0.1, -0.05) is 13.8 Å². The zero-order valence-corrected chi connectivity index (χ0v) is 8.52. The molecule has 0 radical (unpaired) electrons. The molecule has 0 saturated heterocycles. The largest absolute Gasteiger partial charge is 0.327 e. The Morgan fingerprint density at radius 1 is 1.42 bits per heavy atom. The topological polar surface area (TPSA) is 72.2 Å². The minimum atomic E-state index is -3.07. The zero-order valence-electron chi connectivity index (χ0n) is 7.71. The molecule has 0 aromatic rings. The number of sulfonamides is 1. The van der Waals surface area contributed by atoms with E-state index in [2.05, 4.69) is 4.72 Å². The second-order valence-electron chi connectivity index (χ2n) is 2.84. The van der Waals surface area contributed by atoms with Gasteiger partial charge in [-0.3, -0.25) is 0 Å². The average Bonchev–Trinajstić information content (AvgIpc) is 2.00. The molecule has 0 heterocycles. The molecule has 0 aliphatic heterocycles. The second kappa shape index (κ2) is 5.50. The monoisotopic (exact) mass is 194 g/mol. The van der Waals surface area contributed by atoms with E-state index in [1.54, 1.807) is 0 Å². The number of hydrogen-bond donors (Lipinski definition) is 2. The Morgan fingerprint density at radius 2 is 2.00 bits per heavy atom. The van der Waals surface area contributed by atoms with Crippen LogP contribution in [0, 0.1) is 0 Å². The van der Waals surface area contributed by atoms with Crippen molar-refractivity contribution in [2.75, 3.05) is 12.3 Å². The molecule has 0 amide bonds. The van der Waals surface area contributed by atoms with Crippen LogP contribution in [0.4, 0.5) is 0 Å². The molecule has 0 bridgehead atoms. The number of hydrogen-bond acceptors (Lipinski definition) is 3. The first-order valence-electron chi connectivity index (χ1n) is 4.24. The molecule has 0 aliphatic carbocycles. The van der Waals surface area contributed by atoms with Crippen LogP contribution >= 0.6 is 0 Å². The molecular weight excluding hydrogens is 176 g/mol. The van der Waals surface area contributed by atoms with Crippen LogP contribution in [0.5, 0.6) is 0 Å². The molecule has 0 rings (SSSR count). The fourth-order valence-electron chi connectivity index (χ4n) is 0.719. The molecule has 74 valence electrons. The van der Waals surface area contributed by atoms with Gasteiger partial charge in [-0.05, 0) is 12.8 Å². The quantitative estimate of drug-likeness (QED) is 0.627. The van der Waals surface area contributed by atoms with Crippen LogP contribution in [-0.4, -0.2) is 26.8 Å². The van der Waals surface area contributed by atoms with Gasteiger partial charge in [-0.2, -0.15) is 0 Å². The van der Waals surface area contributed by atoms with Crippen molar-refractivity contribution in [3.63, 3.8) is 0 Å². The molecule has 0 aromatic carbocycles. The second-order valence-corrected chi connectivity index (χ2v) is 4.76. The molecule has 0 aromatic heterocycles. The maximum absolute atomic E-state index is 11.1. The van der Waals surface area contributed by atoms with Crippen LogP contribution in [0.1, 0.15) is 26.7 Å². The highest BCUT2D eigenvalue weighted by atomic mass is 32.2. The van der Waals surface area contributed by atoms with Gasteiger partial charge < -0.3 is 5.73 Å². The normalized spacial score (nSPS) is 14.6. The minimum Gasteiger partial charge on any atom is -0.327 e. The summed E-state index contributed by atoms with van der Waals surface area (Å²) >= 11 is 0. The van der Waals surface area contributed by atoms with E-state index in [1.165, 1.54) is 0 Å². The fourth-order valence-corrected chi connectivity index (χ4v) is 1.87. The van der Waals surface area contributed by atoms with Gasteiger partial charge in [-0.15, -0.1) is 0 Å². The summed E-state index contributed by atoms with van der Waals surface area (Å²) in [5.41, 5.74) is 5.55. The summed E-state index contributed by atoms with van der Waals surface area (Å²) in [6.45, 7) is 4.11. The predicted octanol–water partition coefficient (Wildman–Crippen LogP) is 0.0531. The van der Waals surface area contributed by atoms with Gasteiger partial charge in [0, 0.05) is 12.6 Å². The van der Waals surface area contributed by atoms with Gasteiger partial charge >= 0.3 is 0 Å². The summed E-state index contributed by atoms with van der Waals surface area (Å²) in [5.74, 6) is 0.184. The Hall–Kier alpha value is -0.130. The van der Waals surface area contributed by atoms with Gasteiger partial charge in [0.1, 0.15) is 0 Å². The van der Waals surface area contributed by atoms with E-state index in [9.17, 15) is 8.42 Å². The van der Waals surface area contributed by atoms with Crippen molar-refractivity contribution in [2.45, 2.75) is 32.7 Å². The number of rotatable bonds is 6. The van der Waals surface area contributed by atoms with Crippen molar-refractivity contribution in [2.24, 2.45) is 5.73 Å². The summed E-state index contributed by atoms with van der Waals surface area (Å²) in [4.78, 5) is 0. The lowest BCUT2D eigenvalue weighted by Crippen LogP contribution is -2.37. The van der Waals surface area contributed by atoms with Crippen LogP contribution in [0.2, 0.25) is 0 Å². The van der Waals surface area contributed by atoms with Gasteiger partial charge in [-0.25, -0.2) is 13.1 Å². The lowest BCUT2D eigenvalue weighted by atomic mass is 10.2. The Balaban J connectivity index is 3.76. The fraction of sp³-hybridized carbons (Fsp3) is 1.00. The Kier molecular flexibility index (Phi) is 5.44. The van der Waals surface area contributed by atoms with Gasteiger partial charge in [0.25, 0.3) is 0 Å². The van der Waals surface area contributed by atoms with Crippen molar-refractivity contribution in [3.8, 4) is 0 Å². The van der Waals surface area contributed by atoms with E-state index >= 15 is 0 Å². The van der Waals surface area contributed by atoms with E-state index in [4.69, 9.17) is 5.73 Å². The molecule has 0 fully saturated rings. The lowest BCUT2D eigenvalue weighted by molar-refractivity contribution is 0.563.